The lowest BCUT2D eigenvalue weighted by Crippen LogP contribution is -2.15. The summed E-state index contributed by atoms with van der Waals surface area (Å²) in [5, 5.41) is 8.69. The van der Waals surface area contributed by atoms with E-state index in [1.54, 1.807) is 6.07 Å². The van der Waals surface area contributed by atoms with Crippen molar-refractivity contribution in [2.75, 3.05) is 0 Å². The van der Waals surface area contributed by atoms with Gasteiger partial charge in [0.15, 0.2) is 0 Å². The van der Waals surface area contributed by atoms with E-state index in [9.17, 15) is 0 Å². The van der Waals surface area contributed by atoms with Crippen LogP contribution in [-0.4, -0.2) is 4.98 Å². The van der Waals surface area contributed by atoms with Crippen LogP contribution in [0.2, 0.25) is 0 Å². The highest BCUT2D eigenvalue weighted by atomic mass is 14.8. The Morgan fingerprint density at radius 3 is 3.23 bits per heavy atom. The maximum Gasteiger partial charge on any atom is 0.140 e. The molecule has 2 nitrogen and oxygen atoms in total. The number of nitrogens with zero attached hydrogens (tertiary/aromatic N) is 2. The number of aromatic nitrogens is 1. The van der Waals surface area contributed by atoms with E-state index in [2.05, 4.69) is 17.1 Å². The monoisotopic (exact) mass is 168 g/mol. The van der Waals surface area contributed by atoms with E-state index in [4.69, 9.17) is 5.26 Å². The van der Waals surface area contributed by atoms with Crippen LogP contribution in [-0.2, 0) is 0 Å². The molecule has 13 heavy (non-hydrogen) atoms. The van der Waals surface area contributed by atoms with Gasteiger partial charge >= 0.3 is 0 Å². The van der Waals surface area contributed by atoms with Crippen molar-refractivity contribution in [2.45, 2.75) is 18.8 Å². The first-order valence-corrected chi connectivity index (χ1v) is 4.51. The maximum absolute atomic E-state index is 8.69. The van der Waals surface area contributed by atoms with Crippen LogP contribution < -0.4 is 0 Å². The zero-order chi connectivity index (χ0) is 8.84. The topological polar surface area (TPSA) is 36.7 Å². The number of pyridine rings is 1. The lowest BCUT2D eigenvalue weighted by molar-refractivity contribution is 0.744. The third kappa shape index (κ3) is 0.740. The van der Waals surface area contributed by atoms with Crippen LogP contribution in [0.5, 0.6) is 0 Å². The number of rotatable bonds is 0. The maximum atomic E-state index is 8.69. The zero-order valence-corrected chi connectivity index (χ0v) is 7.12. The summed E-state index contributed by atoms with van der Waals surface area (Å²) in [7, 11) is 0. The summed E-state index contributed by atoms with van der Waals surface area (Å²) < 4.78 is 0. The quantitative estimate of drug-likeness (QED) is 0.595. The van der Waals surface area contributed by atoms with Crippen molar-refractivity contribution in [1.82, 2.24) is 4.98 Å². The summed E-state index contributed by atoms with van der Waals surface area (Å²) >= 11 is 0. The minimum Gasteiger partial charge on any atom is -0.241 e. The standard InChI is InChI=1S/C11H8N2/c12-6-7-4-5-10-8-2-1-3-9(8)11(10)13-7/h2,4-5,9H,1,3H2. The largest absolute Gasteiger partial charge is 0.241 e. The van der Waals surface area contributed by atoms with Gasteiger partial charge in [0.05, 0.1) is 5.69 Å². The Morgan fingerprint density at radius 2 is 2.38 bits per heavy atom. The molecule has 1 aromatic heterocycles. The average Bonchev–Trinajstić information content (AvgIpc) is 2.57. The van der Waals surface area contributed by atoms with Crippen LogP contribution >= 0.6 is 0 Å². The Balaban J connectivity index is 2.17. The molecule has 2 aliphatic carbocycles. The Hall–Kier alpha value is -1.62. The summed E-state index contributed by atoms with van der Waals surface area (Å²) in [6, 6.07) is 5.90. The summed E-state index contributed by atoms with van der Waals surface area (Å²) in [5.41, 5.74) is 4.40. The molecule has 0 bridgehead atoms. The molecule has 0 radical (unpaired) electrons. The molecule has 0 saturated heterocycles. The highest BCUT2D eigenvalue weighted by Gasteiger charge is 2.35. The molecule has 1 aromatic rings. The molecule has 0 amide bonds. The van der Waals surface area contributed by atoms with E-state index in [0.29, 0.717) is 11.6 Å². The van der Waals surface area contributed by atoms with Gasteiger partial charge in [-0.2, -0.15) is 5.26 Å². The Labute approximate surface area is 76.5 Å². The van der Waals surface area contributed by atoms with Gasteiger partial charge in [-0.1, -0.05) is 6.08 Å². The van der Waals surface area contributed by atoms with E-state index < -0.39 is 0 Å². The molecule has 0 aromatic carbocycles. The molecule has 2 heteroatoms. The fourth-order valence-electron chi connectivity index (χ4n) is 2.25. The minimum atomic E-state index is 0.545. The average molecular weight is 168 g/mol. The minimum absolute atomic E-state index is 0.545. The number of hydrogen-bond acceptors (Lipinski definition) is 2. The lowest BCUT2D eigenvalue weighted by atomic mass is 9.78. The van der Waals surface area contributed by atoms with Gasteiger partial charge in [0.1, 0.15) is 11.8 Å². The number of fused-ring (bicyclic) bond motifs is 4. The molecule has 1 unspecified atom stereocenters. The molecule has 0 saturated carbocycles. The van der Waals surface area contributed by atoms with Crippen molar-refractivity contribution >= 4 is 5.57 Å². The normalized spacial score (nSPS) is 22.4. The van der Waals surface area contributed by atoms with Crippen molar-refractivity contribution in [1.29, 1.82) is 5.26 Å². The molecule has 0 fully saturated rings. The number of nitriles is 1. The fraction of sp³-hybridized carbons (Fsp3) is 0.273. The molecular weight excluding hydrogens is 160 g/mol. The van der Waals surface area contributed by atoms with E-state index in [-0.39, 0.29) is 0 Å². The van der Waals surface area contributed by atoms with Gasteiger partial charge in [-0.05, 0) is 30.5 Å². The van der Waals surface area contributed by atoms with Gasteiger partial charge in [-0.3, -0.25) is 0 Å². The smallest absolute Gasteiger partial charge is 0.140 e. The second-order valence-electron chi connectivity index (χ2n) is 3.53. The SMILES string of the molecule is N#Cc1ccc2c(n1)C1CCC=C21. The third-order valence-corrected chi connectivity index (χ3v) is 2.88. The van der Waals surface area contributed by atoms with Crippen LogP contribution in [0.25, 0.3) is 5.57 Å². The first-order valence-electron chi connectivity index (χ1n) is 4.51. The predicted molar refractivity (Wildman–Crippen MR) is 48.9 cm³/mol. The Kier molecular flexibility index (Phi) is 1.16. The van der Waals surface area contributed by atoms with E-state index in [1.807, 2.05) is 6.07 Å². The van der Waals surface area contributed by atoms with E-state index >= 15 is 0 Å². The van der Waals surface area contributed by atoms with Crippen LogP contribution in [0.3, 0.4) is 0 Å². The van der Waals surface area contributed by atoms with Gasteiger partial charge in [-0.15, -0.1) is 0 Å². The van der Waals surface area contributed by atoms with Crippen molar-refractivity contribution in [3.8, 4) is 6.07 Å². The van der Waals surface area contributed by atoms with Crippen LogP contribution in [0.4, 0.5) is 0 Å². The number of hydrogen-bond donors (Lipinski definition) is 0. The summed E-state index contributed by atoms with van der Waals surface area (Å²) in [5.74, 6) is 0.545. The van der Waals surface area contributed by atoms with Gasteiger partial charge in [0.2, 0.25) is 0 Å². The lowest BCUT2D eigenvalue weighted by Gasteiger charge is -2.28. The second kappa shape index (κ2) is 2.20. The van der Waals surface area contributed by atoms with E-state index in [0.717, 1.165) is 12.1 Å². The molecule has 0 spiro atoms. The van der Waals surface area contributed by atoms with Crippen molar-refractivity contribution in [2.24, 2.45) is 0 Å². The van der Waals surface area contributed by atoms with Crippen molar-refractivity contribution < 1.29 is 0 Å². The van der Waals surface area contributed by atoms with Crippen molar-refractivity contribution in [3.63, 3.8) is 0 Å². The highest BCUT2D eigenvalue weighted by molar-refractivity contribution is 5.84. The van der Waals surface area contributed by atoms with E-state index in [1.165, 1.54) is 17.6 Å². The Morgan fingerprint density at radius 1 is 1.46 bits per heavy atom. The summed E-state index contributed by atoms with van der Waals surface area (Å²) in [4.78, 5) is 4.32. The van der Waals surface area contributed by atoms with Crippen LogP contribution in [0, 0.1) is 11.3 Å². The molecule has 3 rings (SSSR count). The first kappa shape index (κ1) is 6.85. The summed E-state index contributed by atoms with van der Waals surface area (Å²) in [6.07, 6.45) is 4.64. The van der Waals surface area contributed by atoms with Gasteiger partial charge in [0.25, 0.3) is 0 Å². The zero-order valence-electron chi connectivity index (χ0n) is 7.12. The summed E-state index contributed by atoms with van der Waals surface area (Å²) in [6.45, 7) is 0. The van der Waals surface area contributed by atoms with Gasteiger partial charge < -0.3 is 0 Å². The Bertz CT molecular complexity index is 452. The molecule has 62 valence electrons. The highest BCUT2D eigenvalue weighted by Crippen LogP contribution is 2.51. The predicted octanol–water partition coefficient (Wildman–Crippen LogP) is 2.23. The molecule has 1 atom stereocenters. The number of allylic oxidation sites excluding steroid dienone is 2. The first-order chi connectivity index (χ1) is 6.40. The molecule has 0 N–H and O–H groups in total. The van der Waals surface area contributed by atoms with Crippen molar-refractivity contribution in [3.05, 3.63) is 35.2 Å². The van der Waals surface area contributed by atoms with Crippen LogP contribution in [0.1, 0.15) is 35.7 Å². The molecule has 2 aliphatic rings. The van der Waals surface area contributed by atoms with Gasteiger partial charge in [0, 0.05) is 11.5 Å². The molecule has 0 aliphatic heterocycles. The molecular formula is C11H8N2. The fourth-order valence-corrected chi connectivity index (χ4v) is 2.25. The van der Waals surface area contributed by atoms with Crippen LogP contribution in [0.15, 0.2) is 18.2 Å². The third-order valence-electron chi connectivity index (χ3n) is 2.88. The molecule has 1 heterocycles. The van der Waals surface area contributed by atoms with Gasteiger partial charge in [-0.25, -0.2) is 4.98 Å². The second-order valence-corrected chi connectivity index (χ2v) is 3.53.